The summed E-state index contributed by atoms with van der Waals surface area (Å²) in [6.07, 6.45) is -5.16. The van der Waals surface area contributed by atoms with Gasteiger partial charge in [0.25, 0.3) is 6.43 Å². The van der Waals surface area contributed by atoms with Gasteiger partial charge < -0.3 is 20.1 Å². The molecule has 0 aliphatic carbocycles. The maximum Gasteiger partial charge on any atom is 0.410 e. The van der Waals surface area contributed by atoms with E-state index >= 15 is 0 Å². The molecular weight excluding hydrogens is 246 g/mol. The lowest BCUT2D eigenvalue weighted by atomic mass is 10.1. The van der Waals surface area contributed by atoms with E-state index in [4.69, 9.17) is 4.74 Å². The fourth-order valence-electron chi connectivity index (χ4n) is 1.67. The molecule has 0 radical (unpaired) electrons. The summed E-state index contributed by atoms with van der Waals surface area (Å²) in [7, 11) is 0. The Bertz CT molecular complexity index is 295. The second kappa shape index (κ2) is 5.79. The van der Waals surface area contributed by atoms with Crippen LogP contribution < -0.4 is 5.32 Å². The third kappa shape index (κ3) is 4.38. The van der Waals surface area contributed by atoms with Gasteiger partial charge in [-0.2, -0.15) is 0 Å². The van der Waals surface area contributed by atoms with Crippen molar-refractivity contribution in [2.45, 2.75) is 44.9 Å². The quantitative estimate of drug-likeness (QED) is 0.777. The van der Waals surface area contributed by atoms with Crippen LogP contribution in [0, 0.1) is 0 Å². The second-order valence-corrected chi connectivity index (χ2v) is 5.31. The monoisotopic (exact) mass is 266 g/mol. The van der Waals surface area contributed by atoms with Crippen molar-refractivity contribution in [2.24, 2.45) is 0 Å². The van der Waals surface area contributed by atoms with Gasteiger partial charge in [0.1, 0.15) is 11.7 Å². The molecule has 1 aliphatic rings. The van der Waals surface area contributed by atoms with Crippen LogP contribution in [-0.4, -0.2) is 59.9 Å². The predicted octanol–water partition coefficient (Wildman–Crippen LogP) is 0.821. The fourth-order valence-corrected chi connectivity index (χ4v) is 1.67. The Labute approximate surface area is 105 Å². The number of nitrogens with zero attached hydrogens (tertiary/aromatic N) is 1. The van der Waals surface area contributed by atoms with E-state index in [1.54, 1.807) is 20.8 Å². The van der Waals surface area contributed by atoms with Gasteiger partial charge in [0.15, 0.2) is 0 Å². The number of rotatable bonds is 2. The number of aliphatic hydroxyl groups is 1. The number of halogens is 2. The average Bonchev–Trinajstić information content (AvgIpc) is 2.25. The molecule has 0 spiro atoms. The van der Waals surface area contributed by atoms with E-state index in [2.05, 4.69) is 5.32 Å². The maximum atomic E-state index is 12.4. The van der Waals surface area contributed by atoms with Gasteiger partial charge in [0.2, 0.25) is 0 Å². The van der Waals surface area contributed by atoms with Crippen LogP contribution in [0.4, 0.5) is 13.6 Å². The maximum absolute atomic E-state index is 12.4. The van der Waals surface area contributed by atoms with Crippen molar-refractivity contribution in [2.75, 3.05) is 19.6 Å². The lowest BCUT2D eigenvalue weighted by Crippen LogP contribution is -2.59. The largest absolute Gasteiger partial charge is 0.444 e. The van der Waals surface area contributed by atoms with E-state index in [-0.39, 0.29) is 6.54 Å². The fraction of sp³-hybridized carbons (Fsp3) is 0.909. The van der Waals surface area contributed by atoms with Crippen LogP contribution in [0.15, 0.2) is 0 Å². The highest BCUT2D eigenvalue weighted by Crippen LogP contribution is 2.14. The van der Waals surface area contributed by atoms with E-state index in [9.17, 15) is 18.7 Å². The third-order valence-electron chi connectivity index (χ3n) is 2.53. The van der Waals surface area contributed by atoms with Crippen molar-refractivity contribution in [3.63, 3.8) is 0 Å². The molecule has 0 aromatic heterocycles. The number of carbonyl (C=O) groups is 1. The summed E-state index contributed by atoms with van der Waals surface area (Å²) in [5.41, 5.74) is -0.626. The van der Waals surface area contributed by atoms with Crippen molar-refractivity contribution >= 4 is 6.09 Å². The molecule has 2 atom stereocenters. The minimum atomic E-state index is -2.83. The summed E-state index contributed by atoms with van der Waals surface area (Å²) < 4.78 is 29.9. The van der Waals surface area contributed by atoms with Crippen molar-refractivity contribution in [3.05, 3.63) is 0 Å². The van der Waals surface area contributed by atoms with Gasteiger partial charge in [-0.25, -0.2) is 13.6 Å². The van der Waals surface area contributed by atoms with E-state index in [0.717, 1.165) is 0 Å². The van der Waals surface area contributed by atoms with Crippen LogP contribution in [0.2, 0.25) is 0 Å². The number of nitrogens with one attached hydrogen (secondary N) is 1. The number of hydrogen-bond donors (Lipinski definition) is 2. The molecule has 0 bridgehead atoms. The number of hydrogen-bond acceptors (Lipinski definition) is 4. The Balaban J connectivity index is 2.56. The SMILES string of the molecule is CC(C)(C)OC(=O)N1CCNC(C(O)C(F)F)C1. The van der Waals surface area contributed by atoms with Gasteiger partial charge in [-0.1, -0.05) is 0 Å². The molecular formula is C11H20F2N2O3. The summed E-state index contributed by atoms with van der Waals surface area (Å²) in [6.45, 7) is 5.95. The molecule has 2 unspecified atom stereocenters. The van der Waals surface area contributed by atoms with E-state index in [1.807, 2.05) is 0 Å². The first-order valence-electron chi connectivity index (χ1n) is 5.88. The van der Waals surface area contributed by atoms with E-state index < -0.39 is 30.3 Å². The number of alkyl halides is 2. The summed E-state index contributed by atoms with van der Waals surface area (Å²) in [5.74, 6) is 0. The van der Waals surface area contributed by atoms with Crippen LogP contribution in [0.3, 0.4) is 0 Å². The Hall–Kier alpha value is -0.950. The topological polar surface area (TPSA) is 61.8 Å². The molecule has 0 aromatic rings. The Morgan fingerprint density at radius 1 is 1.50 bits per heavy atom. The van der Waals surface area contributed by atoms with Gasteiger partial charge >= 0.3 is 6.09 Å². The van der Waals surface area contributed by atoms with E-state index in [0.29, 0.717) is 13.1 Å². The summed E-state index contributed by atoms with van der Waals surface area (Å²) >= 11 is 0. The molecule has 0 saturated carbocycles. The molecule has 1 saturated heterocycles. The number of amides is 1. The van der Waals surface area contributed by atoms with Gasteiger partial charge in [-0.05, 0) is 20.8 Å². The van der Waals surface area contributed by atoms with Crippen molar-refractivity contribution in [1.29, 1.82) is 0 Å². The van der Waals surface area contributed by atoms with Crippen LogP contribution in [0.5, 0.6) is 0 Å². The smallest absolute Gasteiger partial charge is 0.410 e. The van der Waals surface area contributed by atoms with Crippen molar-refractivity contribution in [3.8, 4) is 0 Å². The standard InChI is InChI=1S/C11H20F2N2O3/c1-11(2,3)18-10(17)15-5-4-14-7(6-15)8(16)9(12)13/h7-9,14,16H,4-6H2,1-3H3. The summed E-state index contributed by atoms with van der Waals surface area (Å²) in [5, 5.41) is 12.1. The molecule has 106 valence electrons. The highest BCUT2D eigenvalue weighted by atomic mass is 19.3. The highest BCUT2D eigenvalue weighted by molar-refractivity contribution is 5.68. The first-order valence-corrected chi connectivity index (χ1v) is 5.88. The van der Waals surface area contributed by atoms with Crippen molar-refractivity contribution < 1.29 is 23.4 Å². The summed E-state index contributed by atoms with van der Waals surface area (Å²) in [6, 6.07) is -0.828. The zero-order valence-corrected chi connectivity index (χ0v) is 10.8. The van der Waals surface area contributed by atoms with Crippen LogP contribution in [0.1, 0.15) is 20.8 Å². The van der Waals surface area contributed by atoms with Gasteiger partial charge in [0.05, 0.1) is 6.04 Å². The number of carbonyl (C=O) groups excluding carboxylic acids is 1. The molecule has 2 N–H and O–H groups in total. The van der Waals surface area contributed by atoms with Crippen LogP contribution >= 0.6 is 0 Å². The Kier molecular flexibility index (Phi) is 4.86. The second-order valence-electron chi connectivity index (χ2n) is 5.31. The molecule has 1 aliphatic heterocycles. The number of ether oxygens (including phenoxy) is 1. The lowest BCUT2D eigenvalue weighted by molar-refractivity contribution is -0.0419. The van der Waals surface area contributed by atoms with Crippen LogP contribution in [0.25, 0.3) is 0 Å². The zero-order chi connectivity index (χ0) is 13.9. The first kappa shape index (κ1) is 15.1. The molecule has 0 aromatic carbocycles. The predicted molar refractivity (Wildman–Crippen MR) is 61.6 cm³/mol. The molecule has 1 fully saturated rings. The Morgan fingerprint density at radius 3 is 2.61 bits per heavy atom. The average molecular weight is 266 g/mol. The van der Waals surface area contributed by atoms with Crippen molar-refractivity contribution in [1.82, 2.24) is 10.2 Å². The molecule has 1 amide bonds. The summed E-state index contributed by atoms with van der Waals surface area (Å²) in [4.78, 5) is 13.1. The molecule has 1 heterocycles. The minimum Gasteiger partial charge on any atom is -0.444 e. The van der Waals surface area contributed by atoms with E-state index in [1.165, 1.54) is 4.90 Å². The Morgan fingerprint density at radius 2 is 2.11 bits per heavy atom. The van der Waals surface area contributed by atoms with Gasteiger partial charge in [-0.3, -0.25) is 0 Å². The zero-order valence-electron chi connectivity index (χ0n) is 10.8. The molecule has 7 heteroatoms. The lowest BCUT2D eigenvalue weighted by Gasteiger charge is -2.36. The molecule has 18 heavy (non-hydrogen) atoms. The third-order valence-corrected chi connectivity index (χ3v) is 2.53. The minimum absolute atomic E-state index is 0.0143. The highest BCUT2D eigenvalue weighted by Gasteiger charge is 2.34. The first-order chi connectivity index (χ1) is 8.20. The van der Waals surface area contributed by atoms with Gasteiger partial charge in [0, 0.05) is 19.6 Å². The molecule has 5 nitrogen and oxygen atoms in total. The molecule has 1 rings (SSSR count). The van der Waals surface area contributed by atoms with Gasteiger partial charge in [-0.15, -0.1) is 0 Å². The number of piperazine rings is 1. The number of aliphatic hydroxyl groups excluding tert-OH is 1. The normalized spacial score (nSPS) is 23.1. The van der Waals surface area contributed by atoms with Crippen LogP contribution in [-0.2, 0) is 4.74 Å².